The molecule has 3 fully saturated rings. The zero-order chi connectivity index (χ0) is 11.1. The summed E-state index contributed by atoms with van der Waals surface area (Å²) in [5.41, 5.74) is 1.19. The standard InChI is InChI=1S/C14H24O/c1-10-11(2,3)13-8-6-7-9-14(13,15-13)12(10,4)5/h10H,6-9H2,1-5H3. The van der Waals surface area contributed by atoms with E-state index in [1.54, 1.807) is 0 Å². The van der Waals surface area contributed by atoms with Crippen molar-refractivity contribution in [3.05, 3.63) is 0 Å². The Labute approximate surface area is 93.6 Å². The number of hydrogen-bond acceptors (Lipinski definition) is 1. The molecule has 0 aromatic carbocycles. The average Bonchev–Trinajstić information content (AvgIpc) is 2.86. The van der Waals surface area contributed by atoms with Crippen LogP contribution in [0.5, 0.6) is 0 Å². The fourth-order valence-corrected chi connectivity index (χ4v) is 5.08. The Morgan fingerprint density at radius 1 is 0.867 bits per heavy atom. The van der Waals surface area contributed by atoms with Gasteiger partial charge < -0.3 is 4.74 Å². The van der Waals surface area contributed by atoms with Gasteiger partial charge in [0.05, 0.1) is 0 Å². The third-order valence-corrected chi connectivity index (χ3v) is 6.51. The topological polar surface area (TPSA) is 12.5 Å². The van der Waals surface area contributed by atoms with Crippen LogP contribution in [-0.2, 0) is 4.74 Å². The maximum Gasteiger partial charge on any atom is 0.104 e. The van der Waals surface area contributed by atoms with Crippen molar-refractivity contribution in [1.29, 1.82) is 0 Å². The summed E-state index contributed by atoms with van der Waals surface area (Å²) < 4.78 is 6.39. The second-order valence-corrected chi connectivity index (χ2v) is 7.13. The van der Waals surface area contributed by atoms with Crippen LogP contribution < -0.4 is 0 Å². The van der Waals surface area contributed by atoms with Crippen LogP contribution in [0.25, 0.3) is 0 Å². The largest absolute Gasteiger partial charge is 0.361 e. The van der Waals surface area contributed by atoms with Crippen molar-refractivity contribution >= 4 is 0 Å². The maximum atomic E-state index is 6.39. The molecule has 2 unspecified atom stereocenters. The van der Waals surface area contributed by atoms with Gasteiger partial charge in [0.15, 0.2) is 0 Å². The minimum atomic E-state index is 0.237. The second kappa shape index (κ2) is 2.30. The lowest BCUT2D eigenvalue weighted by atomic mass is 9.69. The van der Waals surface area contributed by atoms with Gasteiger partial charge in [-0.05, 0) is 29.6 Å². The minimum Gasteiger partial charge on any atom is -0.361 e. The molecule has 0 radical (unpaired) electrons. The lowest BCUT2D eigenvalue weighted by Crippen LogP contribution is -2.37. The summed E-state index contributed by atoms with van der Waals surface area (Å²) in [5, 5.41) is 0. The van der Waals surface area contributed by atoms with Gasteiger partial charge in [-0.15, -0.1) is 0 Å². The fourth-order valence-electron chi connectivity index (χ4n) is 5.08. The molecular formula is C14H24O. The number of hydrogen-bond donors (Lipinski definition) is 0. The summed E-state index contributed by atoms with van der Waals surface area (Å²) in [6.45, 7) is 12.2. The lowest BCUT2D eigenvalue weighted by molar-refractivity contribution is -0.0129. The molecule has 0 spiro atoms. The summed E-state index contributed by atoms with van der Waals surface area (Å²) in [5.74, 6) is 0.761. The predicted molar refractivity (Wildman–Crippen MR) is 61.7 cm³/mol. The van der Waals surface area contributed by atoms with Gasteiger partial charge in [0.25, 0.3) is 0 Å². The molecule has 2 saturated carbocycles. The predicted octanol–water partition coefficient (Wildman–Crippen LogP) is 3.77. The van der Waals surface area contributed by atoms with Gasteiger partial charge in [-0.2, -0.15) is 0 Å². The van der Waals surface area contributed by atoms with E-state index < -0.39 is 0 Å². The van der Waals surface area contributed by atoms with E-state index >= 15 is 0 Å². The highest BCUT2D eigenvalue weighted by molar-refractivity contribution is 5.35. The van der Waals surface area contributed by atoms with Crippen molar-refractivity contribution in [3.8, 4) is 0 Å². The SMILES string of the molecule is CC1C(C)(C)C23CCCCC2(O3)C1(C)C. The van der Waals surface area contributed by atoms with Gasteiger partial charge in [0.1, 0.15) is 11.2 Å². The Morgan fingerprint density at radius 3 is 1.67 bits per heavy atom. The molecule has 0 amide bonds. The highest BCUT2D eigenvalue weighted by atomic mass is 16.6. The summed E-state index contributed by atoms with van der Waals surface area (Å²) >= 11 is 0. The molecule has 0 N–H and O–H groups in total. The Kier molecular flexibility index (Phi) is 1.55. The molecule has 1 aliphatic heterocycles. The zero-order valence-corrected chi connectivity index (χ0v) is 10.8. The molecule has 1 heteroatoms. The van der Waals surface area contributed by atoms with E-state index in [0.717, 1.165) is 5.92 Å². The van der Waals surface area contributed by atoms with Crippen molar-refractivity contribution in [2.24, 2.45) is 16.7 Å². The van der Waals surface area contributed by atoms with Gasteiger partial charge in [0, 0.05) is 0 Å². The van der Waals surface area contributed by atoms with Gasteiger partial charge >= 0.3 is 0 Å². The third kappa shape index (κ3) is 0.740. The first-order valence-electron chi connectivity index (χ1n) is 6.52. The van der Waals surface area contributed by atoms with E-state index in [2.05, 4.69) is 34.6 Å². The van der Waals surface area contributed by atoms with Gasteiger partial charge in [0.2, 0.25) is 0 Å². The van der Waals surface area contributed by atoms with Gasteiger partial charge in [-0.25, -0.2) is 0 Å². The van der Waals surface area contributed by atoms with Crippen LogP contribution in [0.3, 0.4) is 0 Å². The van der Waals surface area contributed by atoms with E-state index in [9.17, 15) is 0 Å². The molecule has 2 atom stereocenters. The molecule has 3 rings (SSSR count). The van der Waals surface area contributed by atoms with E-state index in [1.165, 1.54) is 25.7 Å². The molecule has 2 aliphatic carbocycles. The van der Waals surface area contributed by atoms with Crippen molar-refractivity contribution in [1.82, 2.24) is 0 Å². The molecule has 1 nitrogen and oxygen atoms in total. The molecule has 1 saturated heterocycles. The van der Waals surface area contributed by atoms with Gasteiger partial charge in [-0.1, -0.05) is 47.5 Å². The van der Waals surface area contributed by atoms with Crippen LogP contribution in [0.2, 0.25) is 0 Å². The van der Waals surface area contributed by atoms with Crippen LogP contribution in [-0.4, -0.2) is 11.2 Å². The summed E-state index contributed by atoms with van der Waals surface area (Å²) in [7, 11) is 0. The van der Waals surface area contributed by atoms with Crippen molar-refractivity contribution in [2.45, 2.75) is 71.5 Å². The first-order valence-corrected chi connectivity index (χ1v) is 6.52. The number of epoxide rings is 1. The van der Waals surface area contributed by atoms with Crippen LogP contribution in [0, 0.1) is 16.7 Å². The average molecular weight is 208 g/mol. The summed E-state index contributed by atoms with van der Waals surface area (Å²) in [6.07, 6.45) is 5.34. The number of rotatable bonds is 0. The first-order chi connectivity index (χ1) is 6.82. The van der Waals surface area contributed by atoms with Crippen molar-refractivity contribution in [2.75, 3.05) is 0 Å². The molecule has 15 heavy (non-hydrogen) atoms. The Hall–Kier alpha value is -0.0400. The summed E-state index contributed by atoms with van der Waals surface area (Å²) in [4.78, 5) is 0. The van der Waals surface area contributed by atoms with E-state index in [-0.39, 0.29) is 11.2 Å². The first kappa shape index (κ1) is 10.1. The Bertz CT molecular complexity index is 287. The van der Waals surface area contributed by atoms with Crippen molar-refractivity contribution in [3.63, 3.8) is 0 Å². The molecule has 86 valence electrons. The normalized spacial score (nSPS) is 54.6. The maximum absolute atomic E-state index is 6.39. The van der Waals surface area contributed by atoms with Crippen LogP contribution in [0.4, 0.5) is 0 Å². The minimum absolute atomic E-state index is 0.237. The quantitative estimate of drug-likeness (QED) is 0.552. The second-order valence-electron chi connectivity index (χ2n) is 7.13. The van der Waals surface area contributed by atoms with Crippen LogP contribution in [0.15, 0.2) is 0 Å². The summed E-state index contributed by atoms with van der Waals surface area (Å²) in [6, 6.07) is 0. The third-order valence-electron chi connectivity index (χ3n) is 6.51. The fraction of sp³-hybridized carbons (Fsp3) is 1.00. The van der Waals surface area contributed by atoms with E-state index in [4.69, 9.17) is 4.74 Å². The van der Waals surface area contributed by atoms with Crippen LogP contribution in [0.1, 0.15) is 60.3 Å². The zero-order valence-electron chi connectivity index (χ0n) is 10.8. The molecule has 3 aliphatic rings. The number of ether oxygens (including phenoxy) is 1. The Balaban J connectivity index is 2.14. The van der Waals surface area contributed by atoms with Crippen molar-refractivity contribution < 1.29 is 4.74 Å². The van der Waals surface area contributed by atoms with E-state index in [0.29, 0.717) is 10.8 Å². The highest BCUT2D eigenvalue weighted by Crippen LogP contribution is 2.81. The Morgan fingerprint density at radius 2 is 1.27 bits per heavy atom. The molecule has 1 heterocycles. The van der Waals surface area contributed by atoms with Gasteiger partial charge in [-0.3, -0.25) is 0 Å². The molecule has 0 bridgehead atoms. The monoisotopic (exact) mass is 208 g/mol. The van der Waals surface area contributed by atoms with E-state index in [1.807, 2.05) is 0 Å². The van der Waals surface area contributed by atoms with Crippen LogP contribution >= 0.6 is 0 Å². The lowest BCUT2D eigenvalue weighted by Gasteiger charge is -2.39. The smallest absolute Gasteiger partial charge is 0.104 e. The highest BCUT2D eigenvalue weighted by Gasteiger charge is 2.87. The molecule has 0 aromatic heterocycles. The molecular weight excluding hydrogens is 184 g/mol. The molecule has 0 aromatic rings.